The predicted octanol–water partition coefficient (Wildman–Crippen LogP) is -0.115. The summed E-state index contributed by atoms with van der Waals surface area (Å²) < 4.78 is 20.9. The number of alkyl halides is 1. The van der Waals surface area contributed by atoms with E-state index in [0.717, 1.165) is 6.92 Å². The first-order valence-corrected chi connectivity index (χ1v) is 5.73. The van der Waals surface area contributed by atoms with Crippen LogP contribution in [0.1, 0.15) is 13.2 Å². The molecule has 4 atom stereocenters. The number of aromatic amines is 1. The van der Waals surface area contributed by atoms with Gasteiger partial charge in [-0.15, -0.1) is 0 Å². The molecule has 0 radical (unpaired) electrons. The zero-order valence-corrected chi connectivity index (χ0v) is 10.4. The maximum Gasteiger partial charge on any atom is 0.251 e. The van der Waals surface area contributed by atoms with Gasteiger partial charge in [0.2, 0.25) is 0 Å². The van der Waals surface area contributed by atoms with Crippen molar-refractivity contribution in [3.05, 3.63) is 27.4 Å². The summed E-state index contributed by atoms with van der Waals surface area (Å²) in [5.74, 6) is 0. The van der Waals surface area contributed by atoms with Gasteiger partial charge in [-0.2, -0.15) is 0 Å². The summed E-state index contributed by atoms with van der Waals surface area (Å²) in [4.78, 5) is 13.4. The molecular formula is C10H13FN2O4S. The molecule has 1 aromatic rings. The molecule has 0 spiro atoms. The zero-order valence-electron chi connectivity index (χ0n) is 9.54. The van der Waals surface area contributed by atoms with Gasteiger partial charge in [-0.05, 0) is 19.1 Å². The van der Waals surface area contributed by atoms with Crippen molar-refractivity contribution in [2.24, 2.45) is 0 Å². The summed E-state index contributed by atoms with van der Waals surface area (Å²) >= 11 is 4.91. The average molecular weight is 276 g/mol. The summed E-state index contributed by atoms with van der Waals surface area (Å²) in [6.45, 7) is 0.652. The molecule has 18 heavy (non-hydrogen) atoms. The van der Waals surface area contributed by atoms with Crippen LogP contribution in [0.2, 0.25) is 0 Å². The van der Waals surface area contributed by atoms with Crippen molar-refractivity contribution >= 4 is 12.2 Å². The number of nitrogens with one attached hydrogen (secondary N) is 1. The molecule has 2 heterocycles. The molecule has 2 rings (SSSR count). The van der Waals surface area contributed by atoms with Gasteiger partial charge in [0.25, 0.3) is 5.56 Å². The van der Waals surface area contributed by atoms with Crippen molar-refractivity contribution in [2.75, 3.05) is 6.61 Å². The summed E-state index contributed by atoms with van der Waals surface area (Å²) in [6, 6.07) is 1.17. The van der Waals surface area contributed by atoms with Gasteiger partial charge in [0, 0.05) is 12.3 Å². The van der Waals surface area contributed by atoms with Gasteiger partial charge < -0.3 is 14.9 Å². The number of hydrogen-bond donors (Lipinski definition) is 3. The van der Waals surface area contributed by atoms with E-state index in [0.29, 0.717) is 0 Å². The Labute approximate surface area is 107 Å². The summed E-state index contributed by atoms with van der Waals surface area (Å²) in [7, 11) is 0. The van der Waals surface area contributed by atoms with Crippen LogP contribution in [-0.2, 0) is 4.74 Å². The van der Waals surface area contributed by atoms with E-state index < -0.39 is 36.3 Å². The van der Waals surface area contributed by atoms with E-state index >= 15 is 0 Å². The first-order valence-electron chi connectivity index (χ1n) is 5.32. The molecule has 1 aromatic heterocycles. The van der Waals surface area contributed by atoms with E-state index in [-0.39, 0.29) is 4.77 Å². The molecule has 1 saturated heterocycles. The Bertz CT molecular complexity index is 555. The Morgan fingerprint density at radius 3 is 2.89 bits per heavy atom. The van der Waals surface area contributed by atoms with Crippen molar-refractivity contribution < 1.29 is 19.3 Å². The Morgan fingerprint density at radius 2 is 2.39 bits per heavy atom. The fourth-order valence-electron chi connectivity index (χ4n) is 1.97. The maximum absolute atomic E-state index is 14.4. The molecule has 1 aliphatic heterocycles. The topological polar surface area (TPSA) is 87.5 Å². The van der Waals surface area contributed by atoms with Crippen LogP contribution in [0.4, 0.5) is 4.39 Å². The lowest BCUT2D eigenvalue weighted by atomic mass is 9.99. The average Bonchev–Trinajstić information content (AvgIpc) is 2.52. The van der Waals surface area contributed by atoms with E-state index in [1.165, 1.54) is 16.8 Å². The highest BCUT2D eigenvalue weighted by Gasteiger charge is 2.54. The number of aliphatic hydroxyl groups excluding tert-OH is 2. The third-order valence-corrected chi connectivity index (χ3v) is 3.31. The minimum Gasteiger partial charge on any atom is -0.394 e. The highest BCUT2D eigenvalue weighted by Crippen LogP contribution is 2.40. The van der Waals surface area contributed by atoms with Gasteiger partial charge in [0.1, 0.15) is 12.2 Å². The fraction of sp³-hybridized carbons (Fsp3) is 0.600. The normalized spacial score (nSPS) is 35.9. The number of hydrogen-bond acceptors (Lipinski definition) is 5. The van der Waals surface area contributed by atoms with Crippen LogP contribution in [0.5, 0.6) is 0 Å². The summed E-state index contributed by atoms with van der Waals surface area (Å²) in [5, 5.41) is 18.7. The van der Waals surface area contributed by atoms with Gasteiger partial charge in [-0.3, -0.25) is 14.3 Å². The predicted molar refractivity (Wildman–Crippen MR) is 62.4 cm³/mol. The monoisotopic (exact) mass is 276 g/mol. The second kappa shape index (κ2) is 4.54. The van der Waals surface area contributed by atoms with Crippen LogP contribution in [0.15, 0.2) is 17.1 Å². The van der Waals surface area contributed by atoms with Gasteiger partial charge >= 0.3 is 0 Å². The molecule has 0 amide bonds. The molecule has 0 aliphatic carbocycles. The summed E-state index contributed by atoms with van der Waals surface area (Å²) in [6.07, 6.45) is -2.41. The smallest absolute Gasteiger partial charge is 0.251 e. The molecule has 3 unspecified atom stereocenters. The van der Waals surface area contributed by atoms with Gasteiger partial charge in [-0.25, -0.2) is 4.39 Å². The standard InChI is InChI=1S/C10H13FN2O4S/c1-10(11)7(16)5(4-14)17-8(10)13-3-2-6(15)12-9(13)18/h2-3,5,7-8,14,16H,4H2,1H3,(H,12,15,18)/t5?,7-,8?,10?/m0/s1. The number of aromatic nitrogens is 2. The van der Waals surface area contributed by atoms with Crippen LogP contribution in [0.25, 0.3) is 0 Å². The quantitative estimate of drug-likeness (QED) is 0.656. The SMILES string of the molecule is CC1(F)C(n2ccc(=O)[nH]c2=S)OC(CO)[C@@H]1O. The van der Waals surface area contributed by atoms with E-state index in [2.05, 4.69) is 4.98 Å². The number of aliphatic hydroxyl groups is 2. The third-order valence-electron chi connectivity index (χ3n) is 3.00. The lowest BCUT2D eigenvalue weighted by Crippen LogP contribution is -2.40. The largest absolute Gasteiger partial charge is 0.394 e. The lowest BCUT2D eigenvalue weighted by molar-refractivity contribution is -0.0601. The highest BCUT2D eigenvalue weighted by atomic mass is 32.1. The first-order chi connectivity index (χ1) is 8.37. The minimum absolute atomic E-state index is 0.0119. The zero-order chi connectivity index (χ0) is 13.5. The molecule has 100 valence electrons. The number of H-pyrrole nitrogens is 1. The molecule has 0 bridgehead atoms. The summed E-state index contributed by atoms with van der Waals surface area (Å²) in [5.41, 5.74) is -2.53. The Morgan fingerprint density at radius 1 is 1.72 bits per heavy atom. The molecule has 8 heteroatoms. The van der Waals surface area contributed by atoms with Crippen LogP contribution in [0, 0.1) is 4.77 Å². The second-order valence-electron chi connectivity index (χ2n) is 4.32. The van der Waals surface area contributed by atoms with E-state index in [9.17, 15) is 14.3 Å². The van der Waals surface area contributed by atoms with Crippen molar-refractivity contribution in [1.29, 1.82) is 0 Å². The van der Waals surface area contributed by atoms with Gasteiger partial charge in [0.05, 0.1) is 6.61 Å². The van der Waals surface area contributed by atoms with Gasteiger partial charge in [-0.1, -0.05) is 0 Å². The van der Waals surface area contributed by atoms with E-state index in [4.69, 9.17) is 22.1 Å². The fourth-order valence-corrected chi connectivity index (χ4v) is 2.23. The molecular weight excluding hydrogens is 263 g/mol. The maximum atomic E-state index is 14.4. The molecule has 0 saturated carbocycles. The molecule has 6 nitrogen and oxygen atoms in total. The number of rotatable bonds is 2. The second-order valence-corrected chi connectivity index (χ2v) is 4.71. The lowest BCUT2D eigenvalue weighted by Gasteiger charge is -2.25. The third kappa shape index (κ3) is 2.01. The van der Waals surface area contributed by atoms with Crippen LogP contribution in [0.3, 0.4) is 0 Å². The molecule has 1 aliphatic rings. The Balaban J connectivity index is 2.45. The molecule has 3 N–H and O–H groups in total. The van der Waals surface area contributed by atoms with Crippen molar-refractivity contribution in [2.45, 2.75) is 31.0 Å². The van der Waals surface area contributed by atoms with E-state index in [1.807, 2.05) is 0 Å². The highest BCUT2D eigenvalue weighted by molar-refractivity contribution is 7.71. The van der Waals surface area contributed by atoms with Crippen LogP contribution in [-0.4, -0.2) is 44.2 Å². The Hall–Kier alpha value is -1.09. The van der Waals surface area contributed by atoms with Crippen molar-refractivity contribution in [3.63, 3.8) is 0 Å². The number of ether oxygens (including phenoxy) is 1. The van der Waals surface area contributed by atoms with Crippen LogP contribution >= 0.6 is 12.2 Å². The number of halogens is 1. The van der Waals surface area contributed by atoms with Crippen molar-refractivity contribution in [3.8, 4) is 0 Å². The van der Waals surface area contributed by atoms with Crippen LogP contribution < -0.4 is 5.56 Å². The minimum atomic E-state index is -2.12. The van der Waals surface area contributed by atoms with Gasteiger partial charge in [0.15, 0.2) is 16.7 Å². The van der Waals surface area contributed by atoms with E-state index in [1.54, 1.807) is 0 Å². The number of nitrogens with zero attached hydrogens (tertiary/aromatic N) is 1. The Kier molecular flexibility index (Phi) is 3.37. The molecule has 0 aromatic carbocycles. The first kappa shape index (κ1) is 13.3. The van der Waals surface area contributed by atoms with Crippen molar-refractivity contribution in [1.82, 2.24) is 9.55 Å². The molecule has 1 fully saturated rings.